The molecule has 0 saturated heterocycles. The molecule has 0 saturated carbocycles. The maximum atomic E-state index is 12.2. The number of halogens is 2. The van der Waals surface area contributed by atoms with Crippen molar-refractivity contribution >= 4 is 52.5 Å². The van der Waals surface area contributed by atoms with E-state index < -0.39 is 18.5 Å². The number of amides is 1. The van der Waals surface area contributed by atoms with Crippen molar-refractivity contribution in [2.75, 3.05) is 17.7 Å². The largest absolute Gasteiger partial charge is 0.452 e. The van der Waals surface area contributed by atoms with E-state index in [0.717, 1.165) is 10.6 Å². The van der Waals surface area contributed by atoms with Crippen LogP contribution < -0.4 is 5.32 Å². The van der Waals surface area contributed by atoms with Crippen LogP contribution in [0, 0.1) is 0 Å². The van der Waals surface area contributed by atoms with Gasteiger partial charge in [0.05, 0.1) is 21.3 Å². The Morgan fingerprint density at radius 1 is 1.12 bits per heavy atom. The van der Waals surface area contributed by atoms with Gasteiger partial charge in [-0.05, 0) is 30.0 Å². The molecule has 4 nitrogen and oxygen atoms in total. The number of ether oxygens (including phenoxy) is 1. The molecule has 126 valence electrons. The molecule has 0 unspecified atom stereocenters. The summed E-state index contributed by atoms with van der Waals surface area (Å²) >= 11 is 13.4. The van der Waals surface area contributed by atoms with Crippen LogP contribution in [0.2, 0.25) is 10.0 Å². The maximum absolute atomic E-state index is 12.2. The fraction of sp³-hybridized carbons (Fsp3) is 0.176. The van der Waals surface area contributed by atoms with Gasteiger partial charge in [0.15, 0.2) is 6.61 Å². The molecular formula is C17H15Cl2NO3S. The van der Waals surface area contributed by atoms with Crippen LogP contribution in [0.5, 0.6) is 0 Å². The third kappa shape index (κ3) is 4.90. The lowest BCUT2D eigenvalue weighted by Gasteiger charge is -2.10. The van der Waals surface area contributed by atoms with Crippen LogP contribution >= 0.6 is 35.0 Å². The summed E-state index contributed by atoms with van der Waals surface area (Å²) in [5, 5.41) is 3.13. The zero-order valence-electron chi connectivity index (χ0n) is 12.8. The summed E-state index contributed by atoms with van der Waals surface area (Å²) in [7, 11) is 0. The number of anilines is 1. The Bertz CT molecular complexity index is 752. The number of rotatable bonds is 6. The molecule has 1 amide bonds. The summed E-state index contributed by atoms with van der Waals surface area (Å²) in [6.45, 7) is 1.59. The Kier molecular flexibility index (Phi) is 6.97. The highest BCUT2D eigenvalue weighted by atomic mass is 35.5. The van der Waals surface area contributed by atoms with E-state index in [9.17, 15) is 9.59 Å². The van der Waals surface area contributed by atoms with Gasteiger partial charge >= 0.3 is 5.97 Å². The molecule has 0 aromatic heterocycles. The second kappa shape index (κ2) is 8.97. The molecule has 0 fully saturated rings. The topological polar surface area (TPSA) is 55.4 Å². The summed E-state index contributed by atoms with van der Waals surface area (Å²) < 4.78 is 5.08. The Hall–Kier alpha value is -1.69. The number of carbonyl (C=O) groups excluding carboxylic acids is 2. The molecule has 1 N–H and O–H groups in total. The first-order valence-corrected chi connectivity index (χ1v) is 8.90. The zero-order chi connectivity index (χ0) is 17.5. The van der Waals surface area contributed by atoms with Crippen molar-refractivity contribution in [3.8, 4) is 0 Å². The van der Waals surface area contributed by atoms with Crippen molar-refractivity contribution in [2.45, 2.75) is 11.8 Å². The highest BCUT2D eigenvalue weighted by Crippen LogP contribution is 2.29. The molecule has 0 aliphatic carbocycles. The van der Waals surface area contributed by atoms with E-state index in [-0.39, 0.29) is 5.02 Å². The number of carbonyl (C=O) groups is 2. The number of benzene rings is 2. The molecule has 0 aliphatic heterocycles. The quantitative estimate of drug-likeness (QED) is 0.569. The molecule has 0 radical (unpaired) electrons. The van der Waals surface area contributed by atoms with Gasteiger partial charge in [0.25, 0.3) is 5.91 Å². The third-order valence-corrected chi connectivity index (χ3v) is 4.74. The van der Waals surface area contributed by atoms with Gasteiger partial charge in [-0.1, -0.05) is 48.3 Å². The lowest BCUT2D eigenvalue weighted by Crippen LogP contribution is -2.21. The molecule has 0 heterocycles. The summed E-state index contributed by atoms with van der Waals surface area (Å²) in [5.41, 5.74) is 0.810. The highest BCUT2D eigenvalue weighted by molar-refractivity contribution is 7.99. The molecule has 2 rings (SSSR count). The summed E-state index contributed by atoms with van der Waals surface area (Å²) in [4.78, 5) is 24.9. The molecule has 2 aromatic carbocycles. The molecular weight excluding hydrogens is 369 g/mol. The monoisotopic (exact) mass is 383 g/mol. The Morgan fingerprint density at radius 3 is 2.62 bits per heavy atom. The van der Waals surface area contributed by atoms with Gasteiger partial charge in [-0.25, -0.2) is 4.79 Å². The van der Waals surface area contributed by atoms with Crippen LogP contribution in [-0.4, -0.2) is 24.2 Å². The van der Waals surface area contributed by atoms with Crippen LogP contribution in [-0.2, 0) is 9.53 Å². The third-order valence-electron chi connectivity index (χ3n) is 2.97. The molecule has 7 heteroatoms. The maximum Gasteiger partial charge on any atom is 0.339 e. The van der Waals surface area contributed by atoms with Gasteiger partial charge in [0, 0.05) is 4.90 Å². The molecule has 0 atom stereocenters. The summed E-state index contributed by atoms with van der Waals surface area (Å²) in [6, 6.07) is 12.0. The van der Waals surface area contributed by atoms with Gasteiger partial charge in [-0.3, -0.25) is 4.79 Å². The number of hydrogen-bond acceptors (Lipinski definition) is 4. The SMILES string of the molecule is CCSc1ccccc1C(=O)OCC(=O)Nc1cccc(Cl)c1Cl. The smallest absolute Gasteiger partial charge is 0.339 e. The van der Waals surface area contributed by atoms with E-state index in [2.05, 4.69) is 5.32 Å². The molecule has 24 heavy (non-hydrogen) atoms. The van der Waals surface area contributed by atoms with Crippen molar-refractivity contribution in [2.24, 2.45) is 0 Å². The first-order valence-electron chi connectivity index (χ1n) is 7.15. The predicted octanol–water partition coefficient (Wildman–Crippen LogP) is 4.90. The summed E-state index contributed by atoms with van der Waals surface area (Å²) in [5.74, 6) is -0.204. The second-order valence-electron chi connectivity index (χ2n) is 4.65. The zero-order valence-corrected chi connectivity index (χ0v) is 15.2. The number of hydrogen-bond donors (Lipinski definition) is 1. The van der Waals surface area contributed by atoms with Crippen molar-refractivity contribution in [3.05, 3.63) is 58.1 Å². The molecule has 0 bridgehead atoms. The van der Waals surface area contributed by atoms with Crippen LogP contribution in [0.4, 0.5) is 5.69 Å². The Balaban J connectivity index is 1.97. The van der Waals surface area contributed by atoms with E-state index >= 15 is 0 Å². The first-order chi connectivity index (χ1) is 11.5. The van der Waals surface area contributed by atoms with E-state index in [1.807, 2.05) is 19.1 Å². The average molecular weight is 384 g/mol. The van der Waals surface area contributed by atoms with E-state index in [0.29, 0.717) is 16.3 Å². The van der Waals surface area contributed by atoms with Gasteiger partial charge in [0.1, 0.15) is 0 Å². The average Bonchev–Trinajstić information content (AvgIpc) is 2.58. The van der Waals surface area contributed by atoms with Crippen LogP contribution in [0.3, 0.4) is 0 Å². The van der Waals surface area contributed by atoms with Gasteiger partial charge < -0.3 is 10.1 Å². The molecule has 0 spiro atoms. The Labute approximate surface area is 154 Å². The number of esters is 1. The van der Waals surface area contributed by atoms with Crippen LogP contribution in [0.25, 0.3) is 0 Å². The van der Waals surface area contributed by atoms with Crippen molar-refractivity contribution < 1.29 is 14.3 Å². The molecule has 2 aromatic rings. The standard InChI is InChI=1S/C17H15Cl2NO3S/c1-2-24-14-9-4-3-6-11(14)17(22)23-10-15(21)20-13-8-5-7-12(18)16(13)19/h3-9H,2,10H2,1H3,(H,20,21). The summed E-state index contributed by atoms with van der Waals surface area (Å²) in [6.07, 6.45) is 0. The lowest BCUT2D eigenvalue weighted by atomic mass is 10.2. The second-order valence-corrected chi connectivity index (χ2v) is 6.75. The number of nitrogens with one attached hydrogen (secondary N) is 1. The molecule has 0 aliphatic rings. The predicted molar refractivity (Wildman–Crippen MR) is 98.2 cm³/mol. The van der Waals surface area contributed by atoms with Crippen molar-refractivity contribution in [3.63, 3.8) is 0 Å². The first kappa shape index (κ1) is 18.6. The van der Waals surface area contributed by atoms with Crippen LogP contribution in [0.15, 0.2) is 47.4 Å². The van der Waals surface area contributed by atoms with Crippen molar-refractivity contribution in [1.82, 2.24) is 0 Å². The van der Waals surface area contributed by atoms with Gasteiger partial charge in [-0.15, -0.1) is 11.8 Å². The minimum atomic E-state index is -0.543. The fourth-order valence-electron chi connectivity index (χ4n) is 1.91. The highest BCUT2D eigenvalue weighted by Gasteiger charge is 2.15. The Morgan fingerprint density at radius 2 is 1.88 bits per heavy atom. The minimum Gasteiger partial charge on any atom is -0.452 e. The van der Waals surface area contributed by atoms with E-state index in [1.165, 1.54) is 11.8 Å². The number of thioether (sulfide) groups is 1. The lowest BCUT2D eigenvalue weighted by molar-refractivity contribution is -0.119. The minimum absolute atomic E-state index is 0.239. The normalized spacial score (nSPS) is 10.3. The van der Waals surface area contributed by atoms with Gasteiger partial charge in [0.2, 0.25) is 0 Å². The van der Waals surface area contributed by atoms with E-state index in [4.69, 9.17) is 27.9 Å². The van der Waals surface area contributed by atoms with Crippen molar-refractivity contribution in [1.29, 1.82) is 0 Å². The van der Waals surface area contributed by atoms with Gasteiger partial charge in [-0.2, -0.15) is 0 Å². The van der Waals surface area contributed by atoms with E-state index in [1.54, 1.807) is 30.3 Å². The van der Waals surface area contributed by atoms with Crippen LogP contribution in [0.1, 0.15) is 17.3 Å². The fourth-order valence-corrected chi connectivity index (χ4v) is 3.05.